The van der Waals surface area contributed by atoms with Gasteiger partial charge < -0.3 is 9.80 Å². The van der Waals surface area contributed by atoms with E-state index in [0.29, 0.717) is 75.3 Å². The molecule has 6 heteroatoms. The van der Waals surface area contributed by atoms with E-state index in [9.17, 15) is 4.79 Å². The van der Waals surface area contributed by atoms with Crippen LogP contribution in [0.2, 0.25) is 0 Å². The highest BCUT2D eigenvalue weighted by Crippen LogP contribution is 2.55. The Balaban J connectivity index is 1.09. The number of hydrogen-bond donors (Lipinski definition) is 0. The maximum absolute atomic E-state index is 12.8. The van der Waals surface area contributed by atoms with Gasteiger partial charge in [0, 0.05) is 60.3 Å². The van der Waals surface area contributed by atoms with Gasteiger partial charge in [-0.05, 0) is 62.4 Å². The normalized spacial score (nSPS) is 35.3. The maximum Gasteiger partial charge on any atom is 0.226 e. The van der Waals surface area contributed by atoms with Crippen LogP contribution in [-0.4, -0.2) is 71.4 Å². The highest BCUT2D eigenvalue weighted by molar-refractivity contribution is 5.82. The summed E-state index contributed by atoms with van der Waals surface area (Å²) in [6.45, 7) is 2.82. The molecule has 6 nitrogen and oxygen atoms in total. The summed E-state index contributed by atoms with van der Waals surface area (Å²) < 4.78 is 24.6. The summed E-state index contributed by atoms with van der Waals surface area (Å²) in [5.41, 5.74) is 0. The molecule has 4 aliphatic rings. The van der Waals surface area contributed by atoms with E-state index >= 15 is 0 Å². The Morgan fingerprint density at radius 1 is 1.11 bits per heavy atom. The zero-order valence-corrected chi connectivity index (χ0v) is 15.9. The molecule has 3 heterocycles. The topological polar surface area (TPSA) is 52.6 Å². The van der Waals surface area contributed by atoms with Crippen molar-refractivity contribution in [2.24, 2.45) is 23.7 Å². The minimum Gasteiger partial charge on any atom is -0.342 e. The van der Waals surface area contributed by atoms with Crippen molar-refractivity contribution in [3.8, 4) is 0 Å². The number of rotatable bonds is 6. The van der Waals surface area contributed by atoms with Gasteiger partial charge in [-0.25, -0.2) is 9.97 Å². The number of anilines is 1. The Hall–Kier alpha value is -1.69. The van der Waals surface area contributed by atoms with Crippen LogP contribution in [0.15, 0.2) is 18.4 Å². The zero-order chi connectivity index (χ0) is 20.9. The van der Waals surface area contributed by atoms with Crippen molar-refractivity contribution in [3.05, 3.63) is 18.4 Å². The predicted octanol–water partition coefficient (Wildman–Crippen LogP) is 1.88. The SMILES string of the molecule is [2H]c1cnc(N2CCN(C([2H])([2H])CCCN3CC4C5CCC(C5)C4C3=O)CC2)nc1. The average Bonchev–Trinajstić information content (AvgIpc) is 3.43. The van der Waals surface area contributed by atoms with Gasteiger partial charge in [0.25, 0.3) is 0 Å². The third-order valence-electron chi connectivity index (χ3n) is 7.13. The number of piperazine rings is 1. The van der Waals surface area contributed by atoms with E-state index < -0.39 is 6.50 Å². The van der Waals surface area contributed by atoms with Crippen LogP contribution >= 0.6 is 0 Å². The van der Waals surface area contributed by atoms with Gasteiger partial charge in [-0.1, -0.05) is 0 Å². The largest absolute Gasteiger partial charge is 0.342 e. The fraction of sp³-hybridized carbons (Fsp3) is 0.762. The van der Waals surface area contributed by atoms with Gasteiger partial charge in [-0.15, -0.1) is 0 Å². The summed E-state index contributed by atoms with van der Waals surface area (Å²) in [7, 11) is 0. The number of hydrogen-bond acceptors (Lipinski definition) is 5. The monoisotopic (exact) mass is 372 g/mol. The lowest BCUT2D eigenvalue weighted by Gasteiger charge is -2.34. The molecule has 4 atom stereocenters. The van der Waals surface area contributed by atoms with E-state index in [1.165, 1.54) is 31.7 Å². The summed E-state index contributed by atoms with van der Waals surface area (Å²) in [6.07, 6.45) is 7.95. The van der Waals surface area contributed by atoms with Crippen molar-refractivity contribution < 1.29 is 8.91 Å². The second-order valence-electron chi connectivity index (χ2n) is 8.53. The highest BCUT2D eigenvalue weighted by Gasteiger charge is 2.55. The Labute approximate surface area is 166 Å². The van der Waals surface area contributed by atoms with Crippen molar-refractivity contribution in [2.75, 3.05) is 50.7 Å². The zero-order valence-electron chi connectivity index (χ0n) is 18.9. The van der Waals surface area contributed by atoms with E-state index in [4.69, 9.17) is 4.11 Å². The number of carbonyl (C=O) groups excluding carboxylic acids is 1. The smallest absolute Gasteiger partial charge is 0.226 e. The van der Waals surface area contributed by atoms with Gasteiger partial charge in [0.2, 0.25) is 11.9 Å². The minimum atomic E-state index is -1.37. The van der Waals surface area contributed by atoms with E-state index in [1.54, 1.807) is 0 Å². The molecule has 1 amide bonds. The molecule has 2 bridgehead atoms. The molecule has 4 fully saturated rings. The molecule has 0 radical (unpaired) electrons. The molecule has 0 spiro atoms. The van der Waals surface area contributed by atoms with Crippen LogP contribution in [0.3, 0.4) is 0 Å². The Morgan fingerprint density at radius 3 is 2.67 bits per heavy atom. The van der Waals surface area contributed by atoms with Gasteiger partial charge >= 0.3 is 0 Å². The predicted molar refractivity (Wildman–Crippen MR) is 104 cm³/mol. The third kappa shape index (κ3) is 3.33. The van der Waals surface area contributed by atoms with Gasteiger partial charge in [0.1, 0.15) is 0 Å². The van der Waals surface area contributed by atoms with Crippen molar-refractivity contribution in [1.29, 1.82) is 0 Å². The first-order valence-electron chi connectivity index (χ1n) is 12.0. The number of fused-ring (bicyclic) bond motifs is 5. The second kappa shape index (κ2) is 7.38. The number of nitrogens with zero attached hydrogens (tertiary/aromatic N) is 5. The van der Waals surface area contributed by atoms with Crippen molar-refractivity contribution >= 4 is 11.9 Å². The summed E-state index contributed by atoms with van der Waals surface area (Å²) in [5.74, 6) is 3.20. The summed E-state index contributed by atoms with van der Waals surface area (Å²) >= 11 is 0. The van der Waals surface area contributed by atoms with Crippen LogP contribution in [0, 0.1) is 23.7 Å². The molecule has 4 unspecified atom stereocenters. The lowest BCUT2D eigenvalue weighted by atomic mass is 9.81. The molecule has 27 heavy (non-hydrogen) atoms. The lowest BCUT2D eigenvalue weighted by molar-refractivity contribution is -0.132. The molecule has 0 N–H and O–H groups in total. The number of aromatic nitrogens is 2. The van der Waals surface area contributed by atoms with E-state index in [2.05, 4.69) is 9.97 Å². The molecular weight excluding hydrogens is 338 g/mol. The second-order valence-corrected chi connectivity index (χ2v) is 8.53. The van der Waals surface area contributed by atoms with Gasteiger partial charge in [0.15, 0.2) is 0 Å². The van der Waals surface area contributed by atoms with Crippen LogP contribution in [0.5, 0.6) is 0 Å². The fourth-order valence-corrected chi connectivity index (χ4v) is 5.81. The van der Waals surface area contributed by atoms with Crippen LogP contribution < -0.4 is 4.90 Å². The van der Waals surface area contributed by atoms with Crippen LogP contribution in [-0.2, 0) is 4.79 Å². The van der Waals surface area contributed by atoms with Gasteiger partial charge in [0.05, 0.1) is 1.37 Å². The summed E-state index contributed by atoms with van der Waals surface area (Å²) in [5, 5.41) is 0. The number of carbonyl (C=O) groups is 1. The summed E-state index contributed by atoms with van der Waals surface area (Å²) in [6, 6.07) is 0.293. The molecule has 2 saturated carbocycles. The molecule has 2 saturated heterocycles. The molecule has 5 rings (SSSR count). The van der Waals surface area contributed by atoms with Crippen molar-refractivity contribution in [1.82, 2.24) is 19.8 Å². The van der Waals surface area contributed by atoms with Crippen LogP contribution in [0.25, 0.3) is 0 Å². The van der Waals surface area contributed by atoms with Gasteiger partial charge in [-0.2, -0.15) is 0 Å². The molecule has 2 aliphatic heterocycles. The molecule has 1 aromatic heterocycles. The lowest BCUT2D eigenvalue weighted by Crippen LogP contribution is -2.47. The Morgan fingerprint density at radius 2 is 1.89 bits per heavy atom. The van der Waals surface area contributed by atoms with Crippen molar-refractivity contribution in [3.63, 3.8) is 0 Å². The molecular formula is C21H31N5O. The van der Waals surface area contributed by atoms with E-state index in [0.717, 1.165) is 12.5 Å². The molecule has 146 valence electrons. The molecule has 0 aromatic carbocycles. The molecule has 2 aliphatic carbocycles. The van der Waals surface area contributed by atoms with Crippen LogP contribution in [0.4, 0.5) is 5.95 Å². The maximum atomic E-state index is 12.8. The van der Waals surface area contributed by atoms with E-state index in [1.807, 2.05) is 14.7 Å². The molecule has 1 aromatic rings. The minimum absolute atomic E-state index is 0.278. The first-order valence-corrected chi connectivity index (χ1v) is 10.5. The fourth-order valence-electron chi connectivity index (χ4n) is 5.81. The average molecular weight is 373 g/mol. The van der Waals surface area contributed by atoms with Gasteiger partial charge in [-0.3, -0.25) is 9.69 Å². The Kier molecular flexibility index (Phi) is 3.92. The summed E-state index contributed by atoms with van der Waals surface area (Å²) in [4.78, 5) is 27.2. The first-order chi connectivity index (χ1) is 14.4. The van der Waals surface area contributed by atoms with Crippen LogP contribution in [0.1, 0.15) is 36.2 Å². The van der Waals surface area contributed by atoms with Crippen molar-refractivity contribution in [2.45, 2.75) is 32.1 Å². The first kappa shape index (κ1) is 14.3. The number of amides is 1. The Bertz CT molecular complexity index is 783. The third-order valence-corrected chi connectivity index (χ3v) is 7.13. The number of likely N-dealkylation sites (tertiary alicyclic amines) is 1. The highest BCUT2D eigenvalue weighted by atomic mass is 16.2. The quantitative estimate of drug-likeness (QED) is 0.763. The standard InChI is InChI=1S/C21H31N5O/c27-20-19-17-5-4-16(14-17)18(19)15-26(20)9-2-1-8-24-10-12-25(13-11-24)21-22-6-3-7-23-21/h3,6-7,16-19H,1-2,4-5,8-15H2/i3D,8D2. The van der Waals surface area contributed by atoms with E-state index in [-0.39, 0.29) is 5.92 Å².